The molecule has 0 spiro atoms. The van der Waals surface area contributed by atoms with Gasteiger partial charge in [0, 0.05) is 12.1 Å². The second kappa shape index (κ2) is 11.6. The summed E-state index contributed by atoms with van der Waals surface area (Å²) in [5.74, 6) is -1.06. The molecule has 202 valence electrons. The summed E-state index contributed by atoms with van der Waals surface area (Å²) in [5.41, 5.74) is -2.10. The molecular formula is C27H23F6NO4. The van der Waals surface area contributed by atoms with Gasteiger partial charge < -0.3 is 15.2 Å². The first-order valence-electron chi connectivity index (χ1n) is 11.4. The van der Waals surface area contributed by atoms with Crippen LogP contribution >= 0.6 is 0 Å². The first-order valence-corrected chi connectivity index (χ1v) is 11.4. The van der Waals surface area contributed by atoms with E-state index < -0.39 is 41.5 Å². The van der Waals surface area contributed by atoms with Crippen molar-refractivity contribution in [3.63, 3.8) is 0 Å². The molecule has 3 aromatic carbocycles. The van der Waals surface area contributed by atoms with Gasteiger partial charge in [-0.2, -0.15) is 26.3 Å². The van der Waals surface area contributed by atoms with E-state index in [4.69, 9.17) is 9.84 Å². The van der Waals surface area contributed by atoms with E-state index in [1.54, 1.807) is 24.3 Å². The van der Waals surface area contributed by atoms with Crippen molar-refractivity contribution in [2.24, 2.45) is 0 Å². The van der Waals surface area contributed by atoms with Crippen molar-refractivity contribution in [3.05, 3.63) is 89.0 Å². The summed E-state index contributed by atoms with van der Waals surface area (Å²) in [6.07, 6.45) is -10.1. The molecule has 0 aliphatic carbocycles. The predicted molar refractivity (Wildman–Crippen MR) is 127 cm³/mol. The van der Waals surface area contributed by atoms with Crippen molar-refractivity contribution >= 4 is 11.9 Å². The Bertz CT molecular complexity index is 1270. The lowest BCUT2D eigenvalue weighted by Gasteiger charge is -2.20. The van der Waals surface area contributed by atoms with Crippen molar-refractivity contribution in [3.8, 4) is 16.9 Å². The van der Waals surface area contributed by atoms with Crippen molar-refractivity contribution in [1.29, 1.82) is 0 Å². The van der Waals surface area contributed by atoms with Crippen LogP contribution in [0.5, 0.6) is 5.75 Å². The molecule has 0 fully saturated rings. The molecule has 0 bridgehead atoms. The van der Waals surface area contributed by atoms with E-state index in [2.05, 4.69) is 5.32 Å². The third-order valence-electron chi connectivity index (χ3n) is 5.64. The van der Waals surface area contributed by atoms with Crippen LogP contribution in [-0.2, 0) is 17.1 Å². The molecule has 3 aromatic rings. The van der Waals surface area contributed by atoms with Crippen LogP contribution in [0.2, 0.25) is 0 Å². The molecule has 0 saturated carbocycles. The Kier molecular flexibility index (Phi) is 8.70. The first kappa shape index (κ1) is 28.5. The lowest BCUT2D eigenvalue weighted by Crippen LogP contribution is -2.25. The number of rotatable bonds is 9. The molecule has 0 saturated heterocycles. The Hall–Kier alpha value is -4.02. The van der Waals surface area contributed by atoms with Gasteiger partial charge in [-0.1, -0.05) is 37.3 Å². The number of ether oxygens (including phenoxy) is 1. The molecule has 11 heteroatoms. The maximum Gasteiger partial charge on any atom is 0.417 e. The summed E-state index contributed by atoms with van der Waals surface area (Å²) in [6.45, 7) is 1.82. The predicted octanol–water partition coefficient (Wildman–Crippen LogP) is 7.13. The molecule has 1 unspecified atom stereocenters. The van der Waals surface area contributed by atoms with Gasteiger partial charge >= 0.3 is 18.3 Å². The van der Waals surface area contributed by atoms with Crippen LogP contribution in [0, 0.1) is 0 Å². The van der Waals surface area contributed by atoms with Gasteiger partial charge in [-0.3, -0.25) is 9.59 Å². The number of nitrogens with one attached hydrogen (secondary N) is 1. The van der Waals surface area contributed by atoms with Crippen LogP contribution in [0.4, 0.5) is 26.3 Å². The molecule has 1 atom stereocenters. The zero-order chi connectivity index (χ0) is 28.1. The van der Waals surface area contributed by atoms with Crippen LogP contribution in [0.1, 0.15) is 52.9 Å². The average Bonchev–Trinajstić information content (AvgIpc) is 2.86. The van der Waals surface area contributed by atoms with Gasteiger partial charge in [-0.15, -0.1) is 0 Å². The summed E-state index contributed by atoms with van der Waals surface area (Å²) in [7, 11) is 0. The zero-order valence-corrected chi connectivity index (χ0v) is 20.0. The van der Waals surface area contributed by atoms with Crippen molar-refractivity contribution in [1.82, 2.24) is 5.32 Å². The second-order valence-corrected chi connectivity index (χ2v) is 8.32. The third kappa shape index (κ3) is 7.27. The Morgan fingerprint density at radius 2 is 1.53 bits per heavy atom. The molecule has 1 amide bonds. The first-order chi connectivity index (χ1) is 17.8. The largest absolute Gasteiger partial charge is 0.486 e. The minimum absolute atomic E-state index is 0.0166. The number of carboxylic acid groups (broad SMARTS) is 1. The standard InChI is InChI=1S/C27H23F6NO4/c1-2-23(38-20-10-7-18(8-11-20)25(37)34-14-13-24(35)36)17-5-3-16(4-6-17)21-12-9-19(26(28,29)30)15-22(21)27(31,32)33/h3-12,15,23H,2,13-14H2,1H3,(H,34,37)(H,35,36). The normalized spacial score (nSPS) is 12.6. The van der Waals surface area contributed by atoms with Crippen LogP contribution in [0.3, 0.4) is 0 Å². The molecule has 0 aliphatic heterocycles. The van der Waals surface area contributed by atoms with E-state index in [0.717, 1.165) is 6.07 Å². The Morgan fingerprint density at radius 1 is 0.895 bits per heavy atom. The smallest absolute Gasteiger partial charge is 0.417 e. The second-order valence-electron chi connectivity index (χ2n) is 8.32. The summed E-state index contributed by atoms with van der Waals surface area (Å²) < 4.78 is 85.5. The highest BCUT2D eigenvalue weighted by Crippen LogP contribution is 2.41. The number of amides is 1. The summed E-state index contributed by atoms with van der Waals surface area (Å²) in [6, 6.07) is 13.5. The van der Waals surface area contributed by atoms with Crippen LogP contribution in [0.15, 0.2) is 66.7 Å². The highest BCUT2D eigenvalue weighted by Gasteiger charge is 2.38. The quantitative estimate of drug-likeness (QED) is 0.284. The molecule has 3 rings (SSSR count). The van der Waals surface area contributed by atoms with E-state index >= 15 is 0 Å². The number of hydrogen-bond acceptors (Lipinski definition) is 3. The molecule has 0 radical (unpaired) electrons. The monoisotopic (exact) mass is 539 g/mol. The van der Waals surface area contributed by atoms with Gasteiger partial charge in [0.2, 0.25) is 0 Å². The zero-order valence-electron chi connectivity index (χ0n) is 20.0. The number of hydrogen-bond donors (Lipinski definition) is 2. The van der Waals surface area contributed by atoms with Gasteiger partial charge in [-0.25, -0.2) is 0 Å². The maximum atomic E-state index is 13.5. The van der Waals surface area contributed by atoms with Crippen LogP contribution < -0.4 is 10.1 Å². The summed E-state index contributed by atoms with van der Waals surface area (Å²) >= 11 is 0. The SMILES string of the molecule is CCC(Oc1ccc(C(=O)NCCC(=O)O)cc1)c1ccc(-c2ccc(C(F)(F)F)cc2C(F)(F)F)cc1. The number of carbonyl (C=O) groups excluding carboxylic acids is 1. The number of halogens is 6. The van der Waals surface area contributed by atoms with Gasteiger partial charge in [0.25, 0.3) is 5.91 Å². The lowest BCUT2D eigenvalue weighted by molar-refractivity contribution is -0.143. The highest BCUT2D eigenvalue weighted by atomic mass is 19.4. The highest BCUT2D eigenvalue weighted by molar-refractivity contribution is 5.94. The van der Waals surface area contributed by atoms with E-state index in [1.165, 1.54) is 24.3 Å². The molecule has 38 heavy (non-hydrogen) atoms. The Labute approximate surface area is 214 Å². The minimum Gasteiger partial charge on any atom is -0.486 e. The molecule has 0 aromatic heterocycles. The van der Waals surface area contributed by atoms with Gasteiger partial charge in [0.05, 0.1) is 17.5 Å². The van der Waals surface area contributed by atoms with E-state index in [1.807, 2.05) is 6.92 Å². The number of alkyl halides is 6. The number of carboxylic acids is 1. The summed E-state index contributed by atoms with van der Waals surface area (Å²) in [4.78, 5) is 22.6. The molecule has 0 aliphatic rings. The fourth-order valence-electron chi connectivity index (χ4n) is 3.71. The third-order valence-corrected chi connectivity index (χ3v) is 5.64. The van der Waals surface area contributed by atoms with Gasteiger partial charge in [0.15, 0.2) is 0 Å². The lowest BCUT2D eigenvalue weighted by atomic mass is 9.95. The number of aliphatic carboxylic acids is 1. The topological polar surface area (TPSA) is 75.6 Å². The molecular weight excluding hydrogens is 516 g/mol. The molecule has 2 N–H and O–H groups in total. The fraction of sp³-hybridized carbons (Fsp3) is 0.259. The average molecular weight is 539 g/mol. The van der Waals surface area contributed by atoms with Crippen molar-refractivity contribution in [2.45, 2.75) is 38.2 Å². The van der Waals surface area contributed by atoms with E-state index in [9.17, 15) is 35.9 Å². The summed E-state index contributed by atoms with van der Waals surface area (Å²) in [5, 5.41) is 11.1. The van der Waals surface area contributed by atoms with Gasteiger partial charge in [-0.05, 0) is 59.5 Å². The van der Waals surface area contributed by atoms with Crippen molar-refractivity contribution < 1.29 is 45.8 Å². The van der Waals surface area contributed by atoms with E-state index in [-0.39, 0.29) is 30.2 Å². The maximum absolute atomic E-state index is 13.5. The van der Waals surface area contributed by atoms with Crippen molar-refractivity contribution in [2.75, 3.05) is 6.54 Å². The van der Waals surface area contributed by atoms with Crippen LogP contribution in [0.25, 0.3) is 11.1 Å². The van der Waals surface area contributed by atoms with Crippen LogP contribution in [-0.4, -0.2) is 23.5 Å². The fourth-order valence-corrected chi connectivity index (χ4v) is 3.71. The number of carbonyl (C=O) groups is 2. The van der Waals surface area contributed by atoms with E-state index in [0.29, 0.717) is 29.4 Å². The van der Waals surface area contributed by atoms with Gasteiger partial charge in [0.1, 0.15) is 11.9 Å². The molecule has 0 heterocycles. The molecule has 5 nitrogen and oxygen atoms in total. The number of benzene rings is 3. The minimum atomic E-state index is -4.98. The Balaban J connectivity index is 1.76. The Morgan fingerprint density at radius 3 is 2.05 bits per heavy atom.